The van der Waals surface area contributed by atoms with Crippen molar-refractivity contribution in [1.29, 1.82) is 0 Å². The molecule has 0 saturated heterocycles. The molecule has 0 aliphatic heterocycles. The Morgan fingerprint density at radius 1 is 1.03 bits per heavy atom. The first-order valence-corrected chi connectivity index (χ1v) is 10.4. The molecule has 0 atom stereocenters. The van der Waals surface area contributed by atoms with E-state index in [0.717, 1.165) is 31.2 Å². The second-order valence-electron chi connectivity index (χ2n) is 7.17. The molecule has 0 spiro atoms. The van der Waals surface area contributed by atoms with E-state index >= 15 is 0 Å². The van der Waals surface area contributed by atoms with Gasteiger partial charge in [0.2, 0.25) is 5.91 Å². The lowest BCUT2D eigenvalue weighted by molar-refractivity contribution is -0.125. The summed E-state index contributed by atoms with van der Waals surface area (Å²) in [6, 6.07) is 12.0. The summed E-state index contributed by atoms with van der Waals surface area (Å²) in [5.74, 6) is -0.301. The summed E-state index contributed by atoms with van der Waals surface area (Å²) in [4.78, 5) is 24.8. The molecule has 0 heterocycles. The van der Waals surface area contributed by atoms with Gasteiger partial charge >= 0.3 is 0 Å². The highest BCUT2D eigenvalue weighted by atomic mass is 35.5. The van der Waals surface area contributed by atoms with Gasteiger partial charge in [0, 0.05) is 16.6 Å². The molecular formula is C22H23Cl2N3O2. The van der Waals surface area contributed by atoms with E-state index in [9.17, 15) is 9.59 Å². The Morgan fingerprint density at radius 2 is 1.79 bits per heavy atom. The Hall–Kier alpha value is -2.37. The van der Waals surface area contributed by atoms with Crippen LogP contribution in [-0.2, 0) is 4.79 Å². The van der Waals surface area contributed by atoms with Gasteiger partial charge in [-0.15, -0.1) is 0 Å². The van der Waals surface area contributed by atoms with Crippen LogP contribution in [-0.4, -0.2) is 17.5 Å². The Bertz CT molecular complexity index is 937. The minimum Gasteiger partial charge on any atom is -0.322 e. The molecule has 2 aromatic carbocycles. The average Bonchev–Trinajstić information content (AvgIpc) is 2.72. The minimum absolute atomic E-state index is 0.0223. The third-order valence-electron chi connectivity index (χ3n) is 5.02. The number of benzene rings is 2. The standard InChI is InChI=1S/C22H23Cl2N3O2/c1-14(26-27-21(28)15-6-3-2-4-7-15)16-8-5-9-18(12-16)25-22(29)19-11-10-17(23)13-20(19)24/h5,8-13,15H,2-4,6-7H2,1H3,(H,25,29)(H,27,28)/b26-14-. The van der Waals surface area contributed by atoms with E-state index in [1.165, 1.54) is 12.5 Å². The molecule has 2 aromatic rings. The lowest BCUT2D eigenvalue weighted by atomic mass is 9.89. The van der Waals surface area contributed by atoms with Crippen molar-refractivity contribution in [3.63, 3.8) is 0 Å². The number of nitrogens with one attached hydrogen (secondary N) is 2. The third-order valence-corrected chi connectivity index (χ3v) is 5.57. The fourth-order valence-electron chi connectivity index (χ4n) is 3.35. The predicted octanol–water partition coefficient (Wildman–Crippen LogP) is 5.67. The quantitative estimate of drug-likeness (QED) is 0.472. The zero-order valence-electron chi connectivity index (χ0n) is 16.2. The highest BCUT2D eigenvalue weighted by molar-refractivity contribution is 6.37. The number of hydrogen-bond donors (Lipinski definition) is 2. The summed E-state index contributed by atoms with van der Waals surface area (Å²) in [5, 5.41) is 7.82. The summed E-state index contributed by atoms with van der Waals surface area (Å²) in [6.07, 6.45) is 5.25. The molecule has 2 amide bonds. The molecule has 0 unspecified atom stereocenters. The summed E-state index contributed by atoms with van der Waals surface area (Å²) in [6.45, 7) is 1.82. The molecule has 0 bridgehead atoms. The Balaban J connectivity index is 1.66. The molecule has 1 saturated carbocycles. The second kappa shape index (κ2) is 9.90. The van der Waals surface area contributed by atoms with E-state index < -0.39 is 0 Å². The number of halogens is 2. The van der Waals surface area contributed by atoms with Crippen molar-refractivity contribution in [3.8, 4) is 0 Å². The van der Waals surface area contributed by atoms with E-state index in [4.69, 9.17) is 23.2 Å². The third kappa shape index (κ3) is 5.81. The van der Waals surface area contributed by atoms with Crippen molar-refractivity contribution in [2.45, 2.75) is 39.0 Å². The first-order chi connectivity index (χ1) is 13.9. The maximum Gasteiger partial charge on any atom is 0.257 e. The van der Waals surface area contributed by atoms with Gasteiger partial charge in [-0.1, -0.05) is 54.6 Å². The molecule has 29 heavy (non-hydrogen) atoms. The van der Waals surface area contributed by atoms with Crippen LogP contribution >= 0.6 is 23.2 Å². The molecule has 7 heteroatoms. The normalized spacial score (nSPS) is 15.1. The smallest absolute Gasteiger partial charge is 0.257 e. The van der Waals surface area contributed by atoms with Crippen molar-refractivity contribution in [1.82, 2.24) is 5.43 Å². The van der Waals surface area contributed by atoms with Crippen molar-refractivity contribution < 1.29 is 9.59 Å². The van der Waals surface area contributed by atoms with Crippen LogP contribution < -0.4 is 10.7 Å². The predicted molar refractivity (Wildman–Crippen MR) is 118 cm³/mol. The first-order valence-electron chi connectivity index (χ1n) is 9.65. The van der Waals surface area contributed by atoms with E-state index in [0.29, 0.717) is 22.0 Å². The van der Waals surface area contributed by atoms with Crippen LogP contribution in [0, 0.1) is 5.92 Å². The van der Waals surface area contributed by atoms with Crippen LogP contribution in [0.25, 0.3) is 0 Å². The largest absolute Gasteiger partial charge is 0.322 e. The zero-order chi connectivity index (χ0) is 20.8. The van der Waals surface area contributed by atoms with Crippen molar-refractivity contribution in [2.75, 3.05) is 5.32 Å². The number of hydrazone groups is 1. The molecule has 1 fully saturated rings. The fourth-order valence-corrected chi connectivity index (χ4v) is 3.85. The number of amides is 2. The number of nitrogens with zero attached hydrogens (tertiary/aromatic N) is 1. The van der Waals surface area contributed by atoms with Crippen LogP contribution in [0.15, 0.2) is 47.6 Å². The van der Waals surface area contributed by atoms with Crippen molar-refractivity contribution in [3.05, 3.63) is 63.6 Å². The topological polar surface area (TPSA) is 70.6 Å². The fraction of sp³-hybridized carbons (Fsp3) is 0.318. The Kier molecular flexibility index (Phi) is 7.29. The van der Waals surface area contributed by atoms with Gasteiger partial charge in [0.1, 0.15) is 0 Å². The number of rotatable bonds is 5. The Labute approximate surface area is 180 Å². The van der Waals surface area contributed by atoms with E-state index in [2.05, 4.69) is 15.8 Å². The maximum absolute atomic E-state index is 12.5. The SMILES string of the molecule is C/C(=N/NC(=O)C1CCCCC1)c1cccc(NC(=O)c2ccc(Cl)cc2Cl)c1. The summed E-state index contributed by atoms with van der Waals surface area (Å²) >= 11 is 12.0. The zero-order valence-corrected chi connectivity index (χ0v) is 17.7. The van der Waals surface area contributed by atoms with Gasteiger partial charge in [-0.25, -0.2) is 5.43 Å². The van der Waals surface area contributed by atoms with E-state index in [1.807, 2.05) is 19.1 Å². The summed E-state index contributed by atoms with van der Waals surface area (Å²) in [7, 11) is 0. The molecule has 5 nitrogen and oxygen atoms in total. The lowest BCUT2D eigenvalue weighted by Crippen LogP contribution is -2.29. The lowest BCUT2D eigenvalue weighted by Gasteiger charge is -2.19. The van der Waals surface area contributed by atoms with Crippen molar-refractivity contribution >= 4 is 46.4 Å². The number of carbonyl (C=O) groups excluding carboxylic acids is 2. The summed E-state index contributed by atoms with van der Waals surface area (Å²) in [5.41, 5.74) is 5.09. The molecule has 2 N–H and O–H groups in total. The molecular weight excluding hydrogens is 409 g/mol. The number of anilines is 1. The highest BCUT2D eigenvalue weighted by Gasteiger charge is 2.20. The minimum atomic E-state index is -0.330. The molecule has 0 aromatic heterocycles. The van der Waals surface area contributed by atoms with Crippen LogP contribution in [0.5, 0.6) is 0 Å². The molecule has 1 aliphatic carbocycles. The van der Waals surface area contributed by atoms with Gasteiger partial charge in [-0.2, -0.15) is 5.10 Å². The van der Waals surface area contributed by atoms with Gasteiger partial charge in [-0.3, -0.25) is 9.59 Å². The number of carbonyl (C=O) groups is 2. The molecule has 0 radical (unpaired) electrons. The van der Waals surface area contributed by atoms with Crippen molar-refractivity contribution in [2.24, 2.45) is 11.0 Å². The molecule has 3 rings (SSSR count). The molecule has 1 aliphatic rings. The van der Waals surface area contributed by atoms with Gasteiger partial charge in [0.25, 0.3) is 5.91 Å². The van der Waals surface area contributed by atoms with Crippen LogP contribution in [0.1, 0.15) is 54.9 Å². The van der Waals surface area contributed by atoms with Gasteiger partial charge in [0.05, 0.1) is 16.3 Å². The van der Waals surface area contributed by atoms with E-state index in [1.54, 1.807) is 24.3 Å². The first kappa shape index (κ1) is 21.3. The van der Waals surface area contributed by atoms with Gasteiger partial charge in [-0.05, 0) is 55.7 Å². The average molecular weight is 432 g/mol. The van der Waals surface area contributed by atoms with Crippen LogP contribution in [0.4, 0.5) is 5.69 Å². The second-order valence-corrected chi connectivity index (χ2v) is 8.01. The van der Waals surface area contributed by atoms with Gasteiger partial charge < -0.3 is 5.32 Å². The number of hydrogen-bond acceptors (Lipinski definition) is 3. The monoisotopic (exact) mass is 431 g/mol. The molecule has 152 valence electrons. The van der Waals surface area contributed by atoms with Crippen LogP contribution in [0.2, 0.25) is 10.0 Å². The maximum atomic E-state index is 12.5. The van der Waals surface area contributed by atoms with Gasteiger partial charge in [0.15, 0.2) is 0 Å². The van der Waals surface area contributed by atoms with E-state index in [-0.39, 0.29) is 22.8 Å². The summed E-state index contributed by atoms with van der Waals surface area (Å²) < 4.78 is 0. The highest BCUT2D eigenvalue weighted by Crippen LogP contribution is 2.24. The van der Waals surface area contributed by atoms with Crippen LogP contribution in [0.3, 0.4) is 0 Å². The Morgan fingerprint density at radius 3 is 2.52 bits per heavy atom.